The van der Waals surface area contributed by atoms with Crippen LogP contribution in [0.2, 0.25) is 0 Å². The van der Waals surface area contributed by atoms with Crippen molar-refractivity contribution >= 4 is 5.91 Å². The summed E-state index contributed by atoms with van der Waals surface area (Å²) in [7, 11) is 0. The summed E-state index contributed by atoms with van der Waals surface area (Å²) in [6.07, 6.45) is 4.17. The second-order valence-corrected chi connectivity index (χ2v) is 3.77. The zero-order chi connectivity index (χ0) is 10.4. The number of hydroxylamine groups is 2. The molecule has 0 aromatic carbocycles. The Labute approximate surface area is 85.4 Å². The maximum absolute atomic E-state index is 11.0. The van der Waals surface area contributed by atoms with Gasteiger partial charge < -0.3 is 4.90 Å². The Morgan fingerprint density at radius 3 is 2.57 bits per heavy atom. The van der Waals surface area contributed by atoms with Gasteiger partial charge in [0.2, 0.25) is 5.91 Å². The third kappa shape index (κ3) is 3.64. The number of piperidine rings is 1. The predicted octanol–water partition coefficient (Wildman–Crippen LogP) is 1.10. The normalized spacial score (nSPS) is 18.1. The molecule has 1 aliphatic heterocycles. The molecule has 0 unspecified atom stereocenters. The minimum absolute atomic E-state index is 0.193. The van der Waals surface area contributed by atoms with E-state index >= 15 is 0 Å². The molecular weight excluding hydrogens is 180 g/mol. The Morgan fingerprint density at radius 2 is 2.00 bits per heavy atom. The monoisotopic (exact) mass is 200 g/mol. The Kier molecular flexibility index (Phi) is 4.90. The van der Waals surface area contributed by atoms with Gasteiger partial charge in [0.15, 0.2) is 0 Å². The van der Waals surface area contributed by atoms with Crippen LogP contribution >= 0.6 is 0 Å². The van der Waals surface area contributed by atoms with Crippen molar-refractivity contribution < 1.29 is 10.0 Å². The Morgan fingerprint density at radius 1 is 1.36 bits per heavy atom. The molecule has 1 heterocycles. The highest BCUT2D eigenvalue weighted by Gasteiger charge is 2.13. The van der Waals surface area contributed by atoms with E-state index in [1.54, 1.807) is 6.92 Å². The smallest absolute Gasteiger partial charge is 0.245 e. The molecule has 14 heavy (non-hydrogen) atoms. The highest BCUT2D eigenvalue weighted by atomic mass is 16.5. The lowest BCUT2D eigenvalue weighted by molar-refractivity contribution is -0.165. The molecule has 0 spiro atoms. The van der Waals surface area contributed by atoms with Crippen molar-refractivity contribution in [3.8, 4) is 0 Å². The first-order valence-electron chi connectivity index (χ1n) is 5.45. The summed E-state index contributed by atoms with van der Waals surface area (Å²) >= 11 is 0. The van der Waals surface area contributed by atoms with Crippen molar-refractivity contribution in [1.29, 1.82) is 0 Å². The van der Waals surface area contributed by atoms with E-state index in [1.807, 2.05) is 0 Å². The lowest BCUT2D eigenvalue weighted by atomic mass is 10.1. The molecule has 1 rings (SSSR count). The topological polar surface area (TPSA) is 43.8 Å². The number of amides is 1. The minimum atomic E-state index is -0.193. The van der Waals surface area contributed by atoms with Crippen molar-refractivity contribution in [1.82, 2.24) is 9.96 Å². The average molecular weight is 200 g/mol. The van der Waals surface area contributed by atoms with E-state index in [0.717, 1.165) is 24.7 Å². The molecule has 1 saturated heterocycles. The van der Waals surface area contributed by atoms with Crippen LogP contribution in [0.25, 0.3) is 0 Å². The molecule has 0 radical (unpaired) electrons. The summed E-state index contributed by atoms with van der Waals surface area (Å²) in [5, 5.41) is 10.1. The van der Waals surface area contributed by atoms with Crippen LogP contribution in [0.3, 0.4) is 0 Å². The molecular formula is C10H20N2O2. The molecule has 1 aliphatic rings. The number of hydrogen-bond acceptors (Lipinski definition) is 3. The van der Waals surface area contributed by atoms with Crippen molar-refractivity contribution in [2.75, 3.05) is 26.2 Å². The third-order valence-electron chi connectivity index (χ3n) is 2.67. The van der Waals surface area contributed by atoms with Gasteiger partial charge >= 0.3 is 0 Å². The molecule has 1 N–H and O–H groups in total. The van der Waals surface area contributed by atoms with Crippen LogP contribution in [0.1, 0.15) is 32.6 Å². The molecule has 0 aliphatic carbocycles. The van der Waals surface area contributed by atoms with Gasteiger partial charge in [-0.15, -0.1) is 0 Å². The third-order valence-corrected chi connectivity index (χ3v) is 2.67. The van der Waals surface area contributed by atoms with Crippen LogP contribution in [0.4, 0.5) is 0 Å². The van der Waals surface area contributed by atoms with Gasteiger partial charge in [-0.1, -0.05) is 13.3 Å². The number of carbonyl (C=O) groups excluding carboxylic acids is 1. The maximum atomic E-state index is 11.0. The summed E-state index contributed by atoms with van der Waals surface area (Å²) in [5.41, 5.74) is 0. The van der Waals surface area contributed by atoms with Crippen molar-refractivity contribution in [2.45, 2.75) is 32.6 Å². The lowest BCUT2D eigenvalue weighted by Crippen LogP contribution is -2.38. The Bertz CT molecular complexity index is 179. The van der Waals surface area contributed by atoms with Gasteiger partial charge in [-0.3, -0.25) is 10.0 Å². The zero-order valence-corrected chi connectivity index (χ0v) is 8.91. The van der Waals surface area contributed by atoms with E-state index in [2.05, 4.69) is 4.90 Å². The summed E-state index contributed by atoms with van der Waals surface area (Å²) < 4.78 is 0. The van der Waals surface area contributed by atoms with Gasteiger partial charge in [0, 0.05) is 13.0 Å². The number of likely N-dealkylation sites (tertiary alicyclic amines) is 1. The fourth-order valence-electron chi connectivity index (χ4n) is 1.73. The van der Waals surface area contributed by atoms with Gasteiger partial charge in [-0.05, 0) is 25.9 Å². The minimum Gasteiger partial charge on any atom is -0.301 e. The molecule has 0 bridgehead atoms. The molecule has 1 amide bonds. The van der Waals surface area contributed by atoms with Crippen molar-refractivity contribution in [2.24, 2.45) is 0 Å². The largest absolute Gasteiger partial charge is 0.301 e. The van der Waals surface area contributed by atoms with E-state index in [4.69, 9.17) is 0 Å². The lowest BCUT2D eigenvalue weighted by Gasteiger charge is -2.27. The second-order valence-electron chi connectivity index (χ2n) is 3.77. The van der Waals surface area contributed by atoms with E-state index in [1.165, 1.54) is 19.3 Å². The van der Waals surface area contributed by atoms with Crippen molar-refractivity contribution in [3.05, 3.63) is 0 Å². The van der Waals surface area contributed by atoms with Crippen LogP contribution in [0.15, 0.2) is 0 Å². The van der Waals surface area contributed by atoms with E-state index in [0.29, 0.717) is 13.0 Å². The van der Waals surface area contributed by atoms with E-state index in [9.17, 15) is 10.0 Å². The molecule has 0 saturated carbocycles. The maximum Gasteiger partial charge on any atom is 0.245 e. The number of rotatable bonds is 4. The van der Waals surface area contributed by atoms with E-state index < -0.39 is 0 Å². The van der Waals surface area contributed by atoms with Gasteiger partial charge in [0.1, 0.15) is 0 Å². The SMILES string of the molecule is CCC(=O)N(O)CCN1CCCCC1. The fourth-order valence-corrected chi connectivity index (χ4v) is 1.73. The van der Waals surface area contributed by atoms with E-state index in [-0.39, 0.29) is 5.91 Å². The van der Waals surface area contributed by atoms with Crippen molar-refractivity contribution in [3.63, 3.8) is 0 Å². The van der Waals surface area contributed by atoms with Gasteiger partial charge in [-0.25, -0.2) is 5.06 Å². The van der Waals surface area contributed by atoms with Gasteiger partial charge in [0.25, 0.3) is 0 Å². The first kappa shape index (κ1) is 11.5. The molecule has 82 valence electrons. The summed E-state index contributed by atoms with van der Waals surface area (Å²) in [6.45, 7) is 5.20. The molecule has 4 heteroatoms. The highest BCUT2D eigenvalue weighted by Crippen LogP contribution is 2.07. The zero-order valence-electron chi connectivity index (χ0n) is 8.91. The molecule has 1 fully saturated rings. The quantitative estimate of drug-likeness (QED) is 0.546. The van der Waals surface area contributed by atoms with Crippen LogP contribution in [0, 0.1) is 0 Å². The highest BCUT2D eigenvalue weighted by molar-refractivity contribution is 5.74. The Balaban J connectivity index is 2.15. The number of nitrogens with zero attached hydrogens (tertiary/aromatic N) is 2. The number of hydrogen-bond donors (Lipinski definition) is 1. The molecule has 0 aromatic heterocycles. The van der Waals surface area contributed by atoms with Crippen LogP contribution in [-0.2, 0) is 4.79 Å². The second kappa shape index (κ2) is 5.98. The summed E-state index contributed by atoms with van der Waals surface area (Å²) in [4.78, 5) is 13.3. The van der Waals surface area contributed by atoms with Crippen LogP contribution in [-0.4, -0.2) is 47.3 Å². The first-order chi connectivity index (χ1) is 6.74. The standard InChI is InChI=1S/C10H20N2O2/c1-2-10(13)12(14)9-8-11-6-4-3-5-7-11/h14H,2-9H2,1H3. The van der Waals surface area contributed by atoms with Crippen LogP contribution in [0.5, 0.6) is 0 Å². The Hall–Kier alpha value is -0.610. The van der Waals surface area contributed by atoms with Crippen LogP contribution < -0.4 is 0 Å². The summed E-state index contributed by atoms with van der Waals surface area (Å²) in [6, 6.07) is 0. The fraction of sp³-hybridized carbons (Fsp3) is 0.900. The molecule has 0 atom stereocenters. The molecule has 0 aromatic rings. The first-order valence-corrected chi connectivity index (χ1v) is 5.45. The van der Waals surface area contributed by atoms with Gasteiger partial charge in [0.05, 0.1) is 6.54 Å². The number of carbonyl (C=O) groups is 1. The predicted molar refractivity (Wildman–Crippen MR) is 54.1 cm³/mol. The average Bonchev–Trinajstić information content (AvgIpc) is 2.26. The summed E-state index contributed by atoms with van der Waals surface area (Å²) in [5.74, 6) is -0.193. The van der Waals surface area contributed by atoms with Gasteiger partial charge in [-0.2, -0.15) is 0 Å². The molecule has 4 nitrogen and oxygen atoms in total.